The number of carboxylic acid groups (broad SMARTS) is 1. The minimum Gasteiger partial charge on any atom is -0.480 e. The van der Waals surface area contributed by atoms with E-state index in [0.717, 1.165) is 19.6 Å². The number of hydrogen-bond acceptors (Lipinski definition) is 4. The van der Waals surface area contributed by atoms with Gasteiger partial charge in [0.25, 0.3) is 0 Å². The molecule has 1 aliphatic heterocycles. The van der Waals surface area contributed by atoms with Crippen LogP contribution in [0.3, 0.4) is 0 Å². The van der Waals surface area contributed by atoms with Gasteiger partial charge in [-0.05, 0) is 44.3 Å². The number of carboxylic acids is 1. The van der Waals surface area contributed by atoms with Gasteiger partial charge in [-0.2, -0.15) is 0 Å². The molecule has 1 rings (SSSR count). The van der Waals surface area contributed by atoms with Gasteiger partial charge in [0, 0.05) is 13.1 Å². The number of nitrogens with one attached hydrogen (secondary N) is 1. The van der Waals surface area contributed by atoms with Gasteiger partial charge in [0.1, 0.15) is 6.04 Å². The maximum Gasteiger partial charge on any atom is 0.321 e. The Balaban J connectivity index is 2.33. The Labute approximate surface area is 110 Å². The van der Waals surface area contributed by atoms with Crippen molar-refractivity contribution in [1.29, 1.82) is 0 Å². The van der Waals surface area contributed by atoms with Crippen molar-refractivity contribution in [3.63, 3.8) is 0 Å². The molecule has 1 heterocycles. The van der Waals surface area contributed by atoms with Gasteiger partial charge in [-0.3, -0.25) is 4.79 Å². The van der Waals surface area contributed by atoms with Gasteiger partial charge in [0.05, 0.1) is 0 Å². The van der Waals surface area contributed by atoms with Gasteiger partial charge in [-0.15, -0.1) is 0 Å². The predicted molar refractivity (Wildman–Crippen MR) is 72.5 cm³/mol. The van der Waals surface area contributed by atoms with E-state index in [-0.39, 0.29) is 5.41 Å². The largest absolute Gasteiger partial charge is 0.480 e. The monoisotopic (exact) mass is 257 g/mol. The number of piperidine rings is 1. The number of rotatable bonds is 6. The summed E-state index contributed by atoms with van der Waals surface area (Å²) in [6, 6.07) is -0.807. The molecule has 18 heavy (non-hydrogen) atoms. The van der Waals surface area contributed by atoms with Crippen molar-refractivity contribution in [2.75, 3.05) is 33.2 Å². The molecule has 4 N–H and O–H groups in total. The van der Waals surface area contributed by atoms with Crippen LogP contribution in [0, 0.1) is 11.3 Å². The Kier molecular flexibility index (Phi) is 5.56. The summed E-state index contributed by atoms with van der Waals surface area (Å²) < 4.78 is 0. The Morgan fingerprint density at radius 2 is 2.06 bits per heavy atom. The minimum atomic E-state index is -0.945. The van der Waals surface area contributed by atoms with Gasteiger partial charge in [0.2, 0.25) is 0 Å². The topological polar surface area (TPSA) is 78.6 Å². The van der Waals surface area contributed by atoms with Crippen LogP contribution in [0.5, 0.6) is 0 Å². The molecule has 1 atom stereocenters. The molecular formula is C13H27N3O2. The van der Waals surface area contributed by atoms with Gasteiger partial charge >= 0.3 is 5.97 Å². The van der Waals surface area contributed by atoms with Crippen molar-refractivity contribution < 1.29 is 9.90 Å². The molecule has 0 aliphatic carbocycles. The van der Waals surface area contributed by atoms with E-state index in [1.54, 1.807) is 0 Å². The zero-order chi connectivity index (χ0) is 13.8. The highest BCUT2D eigenvalue weighted by Gasteiger charge is 2.31. The van der Waals surface area contributed by atoms with Crippen molar-refractivity contribution >= 4 is 5.97 Å². The lowest BCUT2D eigenvalue weighted by Gasteiger charge is -2.40. The highest BCUT2D eigenvalue weighted by Crippen LogP contribution is 2.34. The molecule has 0 amide bonds. The van der Waals surface area contributed by atoms with Crippen LogP contribution >= 0.6 is 0 Å². The molecule has 0 aromatic heterocycles. The van der Waals surface area contributed by atoms with Gasteiger partial charge in [0.15, 0.2) is 0 Å². The second-order valence-electron chi connectivity index (χ2n) is 6.14. The van der Waals surface area contributed by atoms with Gasteiger partial charge < -0.3 is 21.1 Å². The first kappa shape index (κ1) is 15.4. The zero-order valence-corrected chi connectivity index (χ0v) is 11.8. The van der Waals surface area contributed by atoms with E-state index in [4.69, 9.17) is 10.8 Å². The molecule has 5 nitrogen and oxygen atoms in total. The van der Waals surface area contributed by atoms with Crippen LogP contribution in [0.15, 0.2) is 0 Å². The molecule has 106 valence electrons. The van der Waals surface area contributed by atoms with Crippen molar-refractivity contribution in [2.24, 2.45) is 17.1 Å². The highest BCUT2D eigenvalue weighted by molar-refractivity contribution is 5.73. The van der Waals surface area contributed by atoms with E-state index < -0.39 is 12.0 Å². The molecule has 1 unspecified atom stereocenters. The Morgan fingerprint density at radius 1 is 1.50 bits per heavy atom. The smallest absolute Gasteiger partial charge is 0.321 e. The fourth-order valence-corrected chi connectivity index (χ4v) is 2.57. The van der Waals surface area contributed by atoms with E-state index in [1.807, 2.05) is 0 Å². The molecule has 0 aromatic carbocycles. The third kappa shape index (κ3) is 4.55. The summed E-state index contributed by atoms with van der Waals surface area (Å²) in [7, 11) is 2.16. The van der Waals surface area contributed by atoms with Crippen LogP contribution in [0.4, 0.5) is 0 Å². The number of nitrogens with two attached hydrogens (primary N) is 1. The molecule has 0 aromatic rings. The minimum absolute atomic E-state index is 0.194. The lowest BCUT2D eigenvalue weighted by Crippen LogP contribution is -2.46. The fraction of sp³-hybridized carbons (Fsp3) is 0.923. The summed E-state index contributed by atoms with van der Waals surface area (Å²) in [6.45, 7) is 7.98. The maximum atomic E-state index is 10.6. The lowest BCUT2D eigenvalue weighted by molar-refractivity contribution is -0.138. The first-order valence-electron chi connectivity index (χ1n) is 6.70. The molecule has 0 radical (unpaired) electrons. The highest BCUT2D eigenvalue weighted by atomic mass is 16.4. The summed E-state index contributed by atoms with van der Waals surface area (Å²) in [5, 5.41) is 11.9. The number of aliphatic carboxylic acids is 1. The van der Waals surface area contributed by atoms with Crippen molar-refractivity contribution in [3.05, 3.63) is 0 Å². The van der Waals surface area contributed by atoms with E-state index in [1.165, 1.54) is 12.8 Å². The molecule has 1 fully saturated rings. The second kappa shape index (κ2) is 6.50. The summed E-state index contributed by atoms with van der Waals surface area (Å²) in [4.78, 5) is 13.0. The average Bonchev–Trinajstić information content (AvgIpc) is 2.29. The normalized spacial score (nSPS) is 20.9. The molecule has 5 heteroatoms. The van der Waals surface area contributed by atoms with Crippen LogP contribution in [0.25, 0.3) is 0 Å². The number of nitrogens with zero attached hydrogens (tertiary/aromatic N) is 1. The van der Waals surface area contributed by atoms with Crippen molar-refractivity contribution in [3.8, 4) is 0 Å². The summed E-state index contributed by atoms with van der Waals surface area (Å²) in [6.07, 6.45) is 2.44. The number of hydrogen-bond donors (Lipinski definition) is 3. The van der Waals surface area contributed by atoms with Gasteiger partial charge in [-0.25, -0.2) is 0 Å². The first-order chi connectivity index (χ1) is 8.33. The summed E-state index contributed by atoms with van der Waals surface area (Å²) in [5.74, 6) is -0.248. The molecule has 1 aliphatic rings. The van der Waals surface area contributed by atoms with Crippen LogP contribution in [0.1, 0.15) is 26.7 Å². The zero-order valence-electron chi connectivity index (χ0n) is 11.8. The van der Waals surface area contributed by atoms with E-state index >= 15 is 0 Å². The van der Waals surface area contributed by atoms with Crippen LogP contribution in [-0.2, 0) is 4.79 Å². The molecule has 0 spiro atoms. The summed E-state index contributed by atoms with van der Waals surface area (Å²) in [5.41, 5.74) is 5.67. The van der Waals surface area contributed by atoms with Crippen LogP contribution < -0.4 is 11.1 Å². The molecular weight excluding hydrogens is 230 g/mol. The SMILES string of the molecule is CN1CCC(C(C)(C)CNCC(N)C(=O)O)CC1. The lowest BCUT2D eigenvalue weighted by atomic mass is 9.73. The Hall–Kier alpha value is -0.650. The predicted octanol–water partition coefficient (Wildman–Crippen LogP) is 0.356. The quantitative estimate of drug-likeness (QED) is 0.640. The van der Waals surface area contributed by atoms with E-state index in [0.29, 0.717) is 12.5 Å². The Morgan fingerprint density at radius 3 is 2.56 bits per heavy atom. The third-order valence-corrected chi connectivity index (χ3v) is 4.09. The summed E-state index contributed by atoms with van der Waals surface area (Å²) >= 11 is 0. The maximum absolute atomic E-state index is 10.6. The van der Waals surface area contributed by atoms with E-state index in [9.17, 15) is 4.79 Å². The number of carbonyl (C=O) groups is 1. The first-order valence-corrected chi connectivity index (χ1v) is 6.70. The fourth-order valence-electron chi connectivity index (χ4n) is 2.57. The average molecular weight is 257 g/mol. The standard InChI is InChI=1S/C13H27N3O2/c1-13(2,9-15-8-11(14)12(17)18)10-4-6-16(3)7-5-10/h10-11,15H,4-9,14H2,1-3H3,(H,17,18). The molecule has 1 saturated heterocycles. The molecule has 0 saturated carbocycles. The number of likely N-dealkylation sites (tertiary alicyclic amines) is 1. The Bertz CT molecular complexity index is 273. The van der Waals surface area contributed by atoms with E-state index in [2.05, 4.69) is 31.1 Å². The van der Waals surface area contributed by atoms with Crippen LogP contribution in [-0.4, -0.2) is 55.2 Å². The van der Waals surface area contributed by atoms with Crippen LogP contribution in [0.2, 0.25) is 0 Å². The van der Waals surface area contributed by atoms with Crippen molar-refractivity contribution in [2.45, 2.75) is 32.7 Å². The molecule has 0 bridgehead atoms. The third-order valence-electron chi connectivity index (χ3n) is 4.09. The second-order valence-corrected chi connectivity index (χ2v) is 6.14. The van der Waals surface area contributed by atoms with Gasteiger partial charge in [-0.1, -0.05) is 13.8 Å². The van der Waals surface area contributed by atoms with Crippen molar-refractivity contribution in [1.82, 2.24) is 10.2 Å².